The predicted molar refractivity (Wildman–Crippen MR) is 340 cm³/mol. The van der Waals surface area contributed by atoms with Crippen LogP contribution in [0.3, 0.4) is 0 Å². The number of carbonyl (C=O) groups excluding carboxylic acids is 11. The van der Waals surface area contributed by atoms with Gasteiger partial charge in [0.05, 0.1) is 13.5 Å². The zero-order valence-electron chi connectivity index (χ0n) is 51.4. The monoisotopic (exact) mass is 1230 g/mol. The van der Waals surface area contributed by atoms with Crippen molar-refractivity contribution in [2.45, 2.75) is 129 Å². The van der Waals surface area contributed by atoms with Crippen molar-refractivity contribution < 1.29 is 57.5 Å². The van der Waals surface area contributed by atoms with E-state index in [0.29, 0.717) is 116 Å². The van der Waals surface area contributed by atoms with E-state index in [0.717, 1.165) is 24.8 Å². The summed E-state index contributed by atoms with van der Waals surface area (Å²) in [5.74, 6) is -2.40. The topological polar surface area (TPSA) is 294 Å². The molecule has 0 radical (unpaired) electrons. The van der Waals surface area contributed by atoms with Crippen molar-refractivity contribution in [3.05, 3.63) is 144 Å². The third kappa shape index (κ3) is 17.2. The Bertz CT molecular complexity index is 3400. The summed E-state index contributed by atoms with van der Waals surface area (Å²) >= 11 is 0. The molecule has 23 heteroatoms. The van der Waals surface area contributed by atoms with E-state index >= 15 is 0 Å². The Labute approximate surface area is 523 Å². The van der Waals surface area contributed by atoms with Gasteiger partial charge in [-0.1, -0.05) is 58.0 Å². The summed E-state index contributed by atoms with van der Waals surface area (Å²) < 4.78 is 4.65. The summed E-state index contributed by atoms with van der Waals surface area (Å²) in [5, 5.41) is 19.6. The first-order chi connectivity index (χ1) is 43.3. The van der Waals surface area contributed by atoms with Gasteiger partial charge in [0.15, 0.2) is 0 Å². The second-order valence-electron chi connectivity index (χ2n) is 22.8. The molecule has 4 heterocycles. The van der Waals surface area contributed by atoms with E-state index in [2.05, 4.69) is 42.0 Å². The number of benzene rings is 5. The van der Waals surface area contributed by atoms with Crippen LogP contribution in [0.4, 0.5) is 38.9 Å². The van der Waals surface area contributed by atoms with Crippen LogP contribution in [-0.4, -0.2) is 148 Å². The third-order valence-electron chi connectivity index (χ3n) is 16.3. The summed E-state index contributed by atoms with van der Waals surface area (Å²) in [6.07, 6.45) is 5.64. The van der Waals surface area contributed by atoms with Crippen LogP contribution in [0.25, 0.3) is 0 Å². The van der Waals surface area contributed by atoms with Crippen molar-refractivity contribution >= 4 is 99.3 Å². The van der Waals surface area contributed by atoms with Gasteiger partial charge >= 0.3 is 6.09 Å². The van der Waals surface area contributed by atoms with E-state index in [1.165, 1.54) is 12.0 Å². The van der Waals surface area contributed by atoms with Crippen LogP contribution < -0.4 is 37.2 Å². The van der Waals surface area contributed by atoms with Crippen molar-refractivity contribution in [1.29, 1.82) is 0 Å². The van der Waals surface area contributed by atoms with Gasteiger partial charge in [-0.3, -0.25) is 47.9 Å². The normalized spacial score (nSPS) is 17.9. The Morgan fingerprint density at radius 2 is 0.733 bits per heavy atom. The highest BCUT2D eigenvalue weighted by molar-refractivity contribution is 6.07. The molecule has 23 nitrogen and oxygen atoms in total. The summed E-state index contributed by atoms with van der Waals surface area (Å²) in [7, 11) is 1.23. The first-order valence-electron chi connectivity index (χ1n) is 30.7. The lowest BCUT2D eigenvalue weighted by Gasteiger charge is -2.30. The molecule has 4 saturated heterocycles. The van der Waals surface area contributed by atoms with Crippen molar-refractivity contribution in [2.75, 3.05) is 65.2 Å². The number of hydrogen-bond donors (Lipinski definition) is 7. The number of carbonyl (C=O) groups is 11. The molecule has 0 aromatic heterocycles. The van der Waals surface area contributed by atoms with Crippen molar-refractivity contribution in [3.8, 4) is 0 Å². The lowest BCUT2D eigenvalue weighted by Crippen LogP contribution is -2.54. The van der Waals surface area contributed by atoms with E-state index in [4.69, 9.17) is 0 Å². The number of nitrogens with one attached hydrogen (secondary N) is 7. The standard InChI is InChI=1S/C34H37N5O5.C33H42N6O7/c1-2-30(40)38-20-6-10-28(38)33(43)36-25-14-12-24(13-15-25)32(42)35-26-16-18-27(19-17-26)37-34(44)29-11-7-21-39(29)31(41)22-23-8-4-3-5-9-23;1-5-27(40)38-18-6-8-25(38)30(42)35-22-12-10-21(11-13-22)29(41)34-23-14-16-24(17-15-23)36-31(43)26-9-7-19-39(26)32(44)28(20(2)3)37-33(45)46-4/h3-5,8-9,12-19,28-29H,2,6-7,10-11,20-22H2,1H3,(H,35,42)(H,36,43)(H,37,44);10-17,20,25-26,28H,5-9,18-19H2,1-4H3,(H,34,41)(H,35,42)(H,36,43)(H,37,45)/t28-,29-;25-,26-,28-/m00/s1. The zero-order valence-corrected chi connectivity index (χ0v) is 51.4. The number of nitrogens with zero attached hydrogens (tertiary/aromatic N) is 4. The molecular weight excluding hydrogens is 1150 g/mol. The summed E-state index contributed by atoms with van der Waals surface area (Å²) in [6.45, 7) is 9.31. The fraction of sp³-hybridized carbons (Fsp3) is 0.388. The zero-order chi connectivity index (χ0) is 64.4. The largest absolute Gasteiger partial charge is 0.453 e. The highest BCUT2D eigenvalue weighted by Crippen LogP contribution is 2.27. The third-order valence-corrected chi connectivity index (χ3v) is 16.3. The van der Waals surface area contributed by atoms with Gasteiger partial charge in [0, 0.05) is 84.3 Å². The Kier molecular flexibility index (Phi) is 23.0. The first kappa shape index (κ1) is 66.0. The Morgan fingerprint density at radius 3 is 1.07 bits per heavy atom. The van der Waals surface area contributed by atoms with Crippen LogP contribution in [0.15, 0.2) is 127 Å². The molecule has 0 bridgehead atoms. The quantitative estimate of drug-likeness (QED) is 0.0413. The SMILES string of the molecule is CCC(=O)N1CCC[C@H]1C(=O)Nc1ccc(C(=O)Nc2ccc(NC(=O)[C@@H]3CCCN3C(=O)Cc3ccccc3)cc2)cc1.CCC(=O)N1CCC[C@H]1C(=O)Nc1ccc(C(=O)Nc2ccc(NC(=O)[C@@H]3CCCN3C(=O)[C@@H](NC(=O)OC)C(C)C)cc2)cc1. The number of rotatable bonds is 19. The molecule has 5 aromatic rings. The van der Waals surface area contributed by atoms with Crippen LogP contribution >= 0.6 is 0 Å². The second-order valence-corrected chi connectivity index (χ2v) is 22.8. The molecule has 5 atom stereocenters. The van der Waals surface area contributed by atoms with Gasteiger partial charge in [-0.15, -0.1) is 0 Å². The number of alkyl carbamates (subject to hydrolysis) is 1. The maximum atomic E-state index is 13.2. The van der Waals surface area contributed by atoms with Crippen LogP contribution in [0.5, 0.6) is 0 Å². The minimum absolute atomic E-state index is 0.0310. The highest BCUT2D eigenvalue weighted by atomic mass is 16.5. The van der Waals surface area contributed by atoms with Gasteiger partial charge in [0.25, 0.3) is 11.8 Å². The van der Waals surface area contributed by atoms with E-state index < -0.39 is 36.3 Å². The molecule has 90 heavy (non-hydrogen) atoms. The number of hydrogen-bond acceptors (Lipinski definition) is 12. The van der Waals surface area contributed by atoms with Crippen LogP contribution in [0, 0.1) is 5.92 Å². The smallest absolute Gasteiger partial charge is 0.407 e. The average molecular weight is 1230 g/mol. The van der Waals surface area contributed by atoms with Crippen LogP contribution in [-0.2, 0) is 49.5 Å². The van der Waals surface area contributed by atoms with Gasteiger partial charge in [-0.2, -0.15) is 0 Å². The molecular formula is C67H79N11O12. The number of amides is 11. The highest BCUT2D eigenvalue weighted by Gasteiger charge is 2.40. The number of likely N-dealkylation sites (tertiary alicyclic amines) is 4. The molecule has 0 aliphatic carbocycles. The molecule has 9 rings (SSSR count). The fourth-order valence-electron chi connectivity index (χ4n) is 11.5. The Morgan fingerprint density at radius 1 is 0.422 bits per heavy atom. The van der Waals surface area contributed by atoms with Gasteiger partial charge in [-0.05, 0) is 160 Å². The minimum atomic E-state index is -0.820. The van der Waals surface area contributed by atoms with E-state index in [9.17, 15) is 52.7 Å². The van der Waals surface area contributed by atoms with Gasteiger partial charge in [0.1, 0.15) is 30.2 Å². The molecule has 474 valence electrons. The number of methoxy groups -OCH3 is 1. The van der Waals surface area contributed by atoms with Crippen molar-refractivity contribution in [3.63, 3.8) is 0 Å². The van der Waals surface area contributed by atoms with Gasteiger partial charge in [-0.25, -0.2) is 4.79 Å². The molecule has 4 aliphatic heterocycles. The maximum absolute atomic E-state index is 13.2. The molecule has 4 aliphatic rings. The van der Waals surface area contributed by atoms with E-state index in [1.807, 2.05) is 44.2 Å². The summed E-state index contributed by atoms with van der Waals surface area (Å²) in [6, 6.07) is 32.9. The summed E-state index contributed by atoms with van der Waals surface area (Å²) in [4.78, 5) is 146. The second kappa shape index (κ2) is 31.3. The van der Waals surface area contributed by atoms with E-state index in [1.54, 1.807) is 126 Å². The number of ether oxygens (including phenoxy) is 1. The maximum Gasteiger partial charge on any atom is 0.407 e. The van der Waals surface area contributed by atoms with Crippen molar-refractivity contribution in [1.82, 2.24) is 24.9 Å². The molecule has 0 unspecified atom stereocenters. The average Bonchev–Trinajstić information content (AvgIpc) is 3.47. The molecule has 4 fully saturated rings. The Hall–Kier alpha value is -9.93. The Balaban J connectivity index is 0.000000232. The van der Waals surface area contributed by atoms with Crippen LogP contribution in [0.1, 0.15) is 118 Å². The predicted octanol–water partition coefficient (Wildman–Crippen LogP) is 8.04. The molecule has 7 N–H and O–H groups in total. The molecule has 0 spiro atoms. The van der Waals surface area contributed by atoms with Gasteiger partial charge in [0.2, 0.25) is 47.3 Å². The molecule has 5 aromatic carbocycles. The van der Waals surface area contributed by atoms with Crippen LogP contribution in [0.2, 0.25) is 0 Å². The summed E-state index contributed by atoms with van der Waals surface area (Å²) in [5.41, 5.74) is 4.90. The molecule has 0 saturated carbocycles. The van der Waals surface area contributed by atoms with Gasteiger partial charge < -0.3 is 61.6 Å². The lowest BCUT2D eigenvalue weighted by atomic mass is 10.0. The lowest BCUT2D eigenvalue weighted by molar-refractivity contribution is -0.139. The molecule has 11 amide bonds. The van der Waals surface area contributed by atoms with Crippen molar-refractivity contribution in [2.24, 2.45) is 5.92 Å². The fourth-order valence-corrected chi connectivity index (χ4v) is 11.5. The minimum Gasteiger partial charge on any atom is -0.453 e. The number of anilines is 6. The first-order valence-corrected chi connectivity index (χ1v) is 30.7. The van der Waals surface area contributed by atoms with E-state index in [-0.39, 0.29) is 71.4 Å².